The summed E-state index contributed by atoms with van der Waals surface area (Å²) in [5.41, 5.74) is 0. The zero-order valence-corrected chi connectivity index (χ0v) is 48.3. The molecule has 0 saturated carbocycles. The second kappa shape index (κ2) is 60.7. The van der Waals surface area contributed by atoms with Gasteiger partial charge in [0.1, 0.15) is 13.2 Å². The second-order valence-electron chi connectivity index (χ2n) is 22.0. The summed E-state index contributed by atoms with van der Waals surface area (Å²) < 4.78 is 17.0. The van der Waals surface area contributed by atoms with Gasteiger partial charge in [-0.05, 0) is 44.9 Å². The number of unbranched alkanes of at least 4 members (excludes halogenated alkanes) is 47. The van der Waals surface area contributed by atoms with E-state index in [1.165, 1.54) is 270 Å². The van der Waals surface area contributed by atoms with Crippen molar-refractivity contribution in [3.8, 4) is 0 Å². The number of ether oxygens (including phenoxy) is 3. The molecule has 0 saturated heterocycles. The van der Waals surface area contributed by atoms with Crippen molar-refractivity contribution >= 4 is 17.9 Å². The van der Waals surface area contributed by atoms with Crippen LogP contribution in [0.25, 0.3) is 0 Å². The number of allylic oxidation sites excluding steroid dienone is 2. The first-order chi connectivity index (χ1) is 35.0. The monoisotopic (exact) mass is 1000 g/mol. The molecule has 0 aromatic carbocycles. The maximum atomic E-state index is 12.9. The molecule has 0 spiro atoms. The van der Waals surface area contributed by atoms with Crippen molar-refractivity contribution < 1.29 is 28.6 Å². The first-order valence-corrected chi connectivity index (χ1v) is 32.2. The SMILES string of the molecule is CCCCCCCC/C=C\CCCCCCCCCCCC(=O)OC[C@H](COC(=O)CCCCCCCCCCCCCCCCCCCCC)OC(=O)CCCCCCCCCCCCCCCCC. The predicted molar refractivity (Wildman–Crippen MR) is 307 cm³/mol. The van der Waals surface area contributed by atoms with Crippen molar-refractivity contribution in [2.45, 2.75) is 374 Å². The Bertz CT molecular complexity index is 1100. The lowest BCUT2D eigenvalue weighted by Gasteiger charge is -2.18. The Morgan fingerprint density at radius 3 is 0.704 bits per heavy atom. The third-order valence-electron chi connectivity index (χ3n) is 14.8. The summed E-state index contributed by atoms with van der Waals surface area (Å²) in [5.74, 6) is -0.834. The van der Waals surface area contributed by atoms with Gasteiger partial charge < -0.3 is 14.2 Å². The third-order valence-corrected chi connectivity index (χ3v) is 14.8. The number of carbonyl (C=O) groups is 3. The van der Waals surface area contributed by atoms with Crippen molar-refractivity contribution in [3.05, 3.63) is 12.2 Å². The fraction of sp³-hybridized carbons (Fsp3) is 0.923. The Hall–Kier alpha value is -1.85. The number of carbonyl (C=O) groups excluding carboxylic acids is 3. The van der Waals surface area contributed by atoms with Gasteiger partial charge in [0, 0.05) is 19.3 Å². The Labute approximate surface area is 443 Å². The standard InChI is InChI=1S/C65H124O6/c1-4-7-10-13-16-19-22-25-28-30-32-34-37-39-42-45-48-51-54-57-63(66)69-60-62(71-65(68)59-56-53-50-47-44-41-36-27-24-21-18-15-12-9-6-3)61-70-64(67)58-55-52-49-46-43-40-38-35-33-31-29-26-23-20-17-14-11-8-5-2/h25,28,62H,4-24,26-27,29-61H2,1-3H3/b28-25-/t62-/m1/s1. The molecule has 0 aliphatic rings. The predicted octanol–water partition coefficient (Wildman–Crippen LogP) is 21.7. The van der Waals surface area contributed by atoms with Crippen LogP contribution in [0.3, 0.4) is 0 Å². The summed E-state index contributed by atoms with van der Waals surface area (Å²) in [6.45, 7) is 6.71. The highest BCUT2D eigenvalue weighted by atomic mass is 16.6. The van der Waals surface area contributed by atoms with Crippen LogP contribution in [0.2, 0.25) is 0 Å². The molecule has 0 aromatic rings. The van der Waals surface area contributed by atoms with E-state index in [-0.39, 0.29) is 31.1 Å². The first kappa shape index (κ1) is 69.2. The quantitative estimate of drug-likeness (QED) is 0.0261. The lowest BCUT2D eigenvalue weighted by atomic mass is 10.0. The van der Waals surface area contributed by atoms with Gasteiger partial charge in [-0.1, -0.05) is 315 Å². The highest BCUT2D eigenvalue weighted by Crippen LogP contribution is 2.18. The molecular formula is C65H124O6. The topological polar surface area (TPSA) is 78.9 Å². The minimum atomic E-state index is -0.766. The van der Waals surface area contributed by atoms with Crippen LogP contribution in [-0.4, -0.2) is 37.2 Å². The largest absolute Gasteiger partial charge is 0.462 e. The van der Waals surface area contributed by atoms with Gasteiger partial charge in [0.25, 0.3) is 0 Å². The Balaban J connectivity index is 4.28. The summed E-state index contributed by atoms with van der Waals surface area (Å²) in [7, 11) is 0. The minimum absolute atomic E-state index is 0.0637. The molecule has 6 nitrogen and oxygen atoms in total. The van der Waals surface area contributed by atoms with Gasteiger partial charge in [-0.15, -0.1) is 0 Å². The van der Waals surface area contributed by atoms with Crippen LogP contribution < -0.4 is 0 Å². The molecule has 0 bridgehead atoms. The molecule has 0 amide bonds. The van der Waals surface area contributed by atoms with E-state index in [1.54, 1.807) is 0 Å². The first-order valence-electron chi connectivity index (χ1n) is 32.2. The summed E-state index contributed by atoms with van der Waals surface area (Å²) in [4.78, 5) is 38.3. The molecule has 71 heavy (non-hydrogen) atoms. The van der Waals surface area contributed by atoms with Gasteiger partial charge in [-0.25, -0.2) is 0 Å². The smallest absolute Gasteiger partial charge is 0.306 e. The van der Waals surface area contributed by atoms with Gasteiger partial charge in [-0.3, -0.25) is 14.4 Å². The molecule has 0 heterocycles. The molecule has 0 aromatic heterocycles. The van der Waals surface area contributed by atoms with Crippen LogP contribution in [0.5, 0.6) is 0 Å². The van der Waals surface area contributed by atoms with Crippen LogP contribution in [0.4, 0.5) is 0 Å². The van der Waals surface area contributed by atoms with Crippen LogP contribution >= 0.6 is 0 Å². The molecule has 0 rings (SSSR count). The molecule has 0 fully saturated rings. The highest BCUT2D eigenvalue weighted by molar-refractivity contribution is 5.71. The average Bonchev–Trinajstić information content (AvgIpc) is 3.37. The van der Waals surface area contributed by atoms with Crippen LogP contribution in [0, 0.1) is 0 Å². The lowest BCUT2D eigenvalue weighted by Crippen LogP contribution is -2.30. The fourth-order valence-electron chi connectivity index (χ4n) is 9.91. The van der Waals surface area contributed by atoms with E-state index >= 15 is 0 Å². The molecule has 1 atom stereocenters. The molecule has 0 aliphatic carbocycles. The maximum absolute atomic E-state index is 12.9. The van der Waals surface area contributed by atoms with Gasteiger partial charge in [0.05, 0.1) is 0 Å². The molecule has 0 unspecified atom stereocenters. The van der Waals surface area contributed by atoms with Crippen LogP contribution in [0.15, 0.2) is 12.2 Å². The Kier molecular flexibility index (Phi) is 59.1. The number of esters is 3. The molecular weight excluding hydrogens is 877 g/mol. The lowest BCUT2D eigenvalue weighted by molar-refractivity contribution is -0.167. The van der Waals surface area contributed by atoms with E-state index in [9.17, 15) is 14.4 Å². The van der Waals surface area contributed by atoms with E-state index in [0.29, 0.717) is 19.3 Å². The molecule has 0 N–H and O–H groups in total. The van der Waals surface area contributed by atoms with E-state index < -0.39 is 6.10 Å². The Morgan fingerprint density at radius 1 is 0.268 bits per heavy atom. The molecule has 0 aliphatic heterocycles. The normalized spacial score (nSPS) is 12.0. The van der Waals surface area contributed by atoms with E-state index in [2.05, 4.69) is 32.9 Å². The van der Waals surface area contributed by atoms with Gasteiger partial charge >= 0.3 is 17.9 Å². The van der Waals surface area contributed by atoms with Crippen molar-refractivity contribution in [1.29, 1.82) is 0 Å². The molecule has 6 heteroatoms. The van der Waals surface area contributed by atoms with E-state index in [0.717, 1.165) is 57.8 Å². The summed E-state index contributed by atoms with van der Waals surface area (Å²) in [6.07, 6.45) is 70.7. The average molecular weight is 1000 g/mol. The van der Waals surface area contributed by atoms with Gasteiger partial charge in [-0.2, -0.15) is 0 Å². The van der Waals surface area contributed by atoms with Gasteiger partial charge in [0.15, 0.2) is 6.10 Å². The number of rotatable bonds is 60. The third kappa shape index (κ3) is 58.9. The molecule has 420 valence electrons. The summed E-state index contributed by atoms with van der Waals surface area (Å²) >= 11 is 0. The van der Waals surface area contributed by atoms with E-state index in [1.807, 2.05) is 0 Å². The van der Waals surface area contributed by atoms with E-state index in [4.69, 9.17) is 14.2 Å². The van der Waals surface area contributed by atoms with Crippen molar-refractivity contribution in [2.75, 3.05) is 13.2 Å². The maximum Gasteiger partial charge on any atom is 0.306 e. The van der Waals surface area contributed by atoms with Crippen LogP contribution in [0.1, 0.15) is 367 Å². The minimum Gasteiger partial charge on any atom is -0.462 e. The molecule has 0 radical (unpaired) electrons. The summed E-state index contributed by atoms with van der Waals surface area (Å²) in [6, 6.07) is 0. The van der Waals surface area contributed by atoms with Crippen molar-refractivity contribution in [2.24, 2.45) is 0 Å². The zero-order valence-electron chi connectivity index (χ0n) is 48.3. The fourth-order valence-corrected chi connectivity index (χ4v) is 9.91. The van der Waals surface area contributed by atoms with Crippen LogP contribution in [-0.2, 0) is 28.6 Å². The van der Waals surface area contributed by atoms with Crippen molar-refractivity contribution in [3.63, 3.8) is 0 Å². The zero-order chi connectivity index (χ0) is 51.4. The number of hydrogen-bond acceptors (Lipinski definition) is 6. The highest BCUT2D eigenvalue weighted by Gasteiger charge is 2.19. The van der Waals surface area contributed by atoms with Crippen molar-refractivity contribution in [1.82, 2.24) is 0 Å². The van der Waals surface area contributed by atoms with Gasteiger partial charge in [0.2, 0.25) is 0 Å². The number of hydrogen-bond donors (Lipinski definition) is 0. The second-order valence-corrected chi connectivity index (χ2v) is 22.0. The Morgan fingerprint density at radius 2 is 0.465 bits per heavy atom. The summed E-state index contributed by atoms with van der Waals surface area (Å²) in [5, 5.41) is 0.